The Morgan fingerprint density at radius 1 is 1.15 bits per heavy atom. The minimum atomic E-state index is -0.851. The van der Waals surface area contributed by atoms with Crippen LogP contribution in [0.1, 0.15) is 23.6 Å². The predicted octanol–water partition coefficient (Wildman–Crippen LogP) is 3.31. The second-order valence-electron chi connectivity index (χ2n) is 6.22. The molecule has 0 fully saturated rings. The van der Waals surface area contributed by atoms with Gasteiger partial charge in [-0.2, -0.15) is 0 Å². The molecule has 2 aromatic rings. The summed E-state index contributed by atoms with van der Waals surface area (Å²) in [6.07, 6.45) is 2.83. The van der Waals surface area contributed by atoms with Gasteiger partial charge in [0.1, 0.15) is 5.75 Å². The van der Waals surface area contributed by atoms with Crippen LogP contribution in [-0.2, 0) is 20.7 Å². The van der Waals surface area contributed by atoms with Crippen molar-refractivity contribution in [3.63, 3.8) is 0 Å². The summed E-state index contributed by atoms with van der Waals surface area (Å²) in [5.74, 6) is -0.0721. The van der Waals surface area contributed by atoms with Gasteiger partial charge in [-0.05, 0) is 49.6 Å². The molecule has 1 N–H and O–H groups in total. The Balaban J connectivity index is 1.74. The predicted molar refractivity (Wildman–Crippen MR) is 105 cm³/mol. The number of amides is 1. The molecular formula is C22H25NO4. The largest absolute Gasteiger partial charge is 0.497 e. The Morgan fingerprint density at radius 3 is 2.56 bits per heavy atom. The van der Waals surface area contributed by atoms with E-state index in [0.717, 1.165) is 22.4 Å². The molecule has 0 aliphatic heterocycles. The molecule has 0 saturated carbocycles. The number of benzene rings is 2. The number of methoxy groups -OCH3 is 1. The molecule has 1 amide bonds. The van der Waals surface area contributed by atoms with Crippen LogP contribution in [0.5, 0.6) is 5.75 Å². The number of hydrogen-bond donors (Lipinski definition) is 1. The first kappa shape index (κ1) is 20.2. The van der Waals surface area contributed by atoms with Crippen LogP contribution in [0.3, 0.4) is 0 Å². The second-order valence-corrected chi connectivity index (χ2v) is 6.22. The Bertz CT molecular complexity index is 796. The Kier molecular flexibility index (Phi) is 7.62. The lowest BCUT2D eigenvalue weighted by atomic mass is 10.1. The van der Waals surface area contributed by atoms with Crippen LogP contribution in [0.25, 0.3) is 6.08 Å². The van der Waals surface area contributed by atoms with Gasteiger partial charge in [0, 0.05) is 12.6 Å². The standard InChI is InChI=1S/C22H25NO4/c1-16-5-4-6-19(15-16)9-12-21(24)27-17(2)22(25)23-14-13-18-7-10-20(26-3)11-8-18/h4-12,15,17H,13-14H2,1-3H3,(H,23,25)/b12-9+/t17-/m0/s1. The van der Waals surface area contributed by atoms with Crippen molar-refractivity contribution in [3.8, 4) is 5.75 Å². The van der Waals surface area contributed by atoms with Crippen molar-refractivity contribution < 1.29 is 19.1 Å². The van der Waals surface area contributed by atoms with Crippen molar-refractivity contribution >= 4 is 18.0 Å². The van der Waals surface area contributed by atoms with Gasteiger partial charge in [0.05, 0.1) is 7.11 Å². The summed E-state index contributed by atoms with van der Waals surface area (Å²) < 4.78 is 10.3. The molecule has 1 atom stereocenters. The maximum absolute atomic E-state index is 12.1. The summed E-state index contributed by atoms with van der Waals surface area (Å²) in [5.41, 5.74) is 3.10. The van der Waals surface area contributed by atoms with E-state index < -0.39 is 12.1 Å². The normalized spacial score (nSPS) is 11.8. The van der Waals surface area contributed by atoms with Gasteiger partial charge in [0.2, 0.25) is 0 Å². The number of esters is 1. The highest BCUT2D eigenvalue weighted by Gasteiger charge is 2.15. The monoisotopic (exact) mass is 367 g/mol. The summed E-state index contributed by atoms with van der Waals surface area (Å²) in [6.45, 7) is 4.00. The first-order valence-electron chi connectivity index (χ1n) is 8.84. The van der Waals surface area contributed by atoms with Gasteiger partial charge in [0.25, 0.3) is 5.91 Å². The third-order valence-corrected chi connectivity index (χ3v) is 3.99. The molecule has 0 spiro atoms. The summed E-state index contributed by atoms with van der Waals surface area (Å²) in [5, 5.41) is 2.77. The average molecular weight is 367 g/mol. The van der Waals surface area contributed by atoms with Crippen LogP contribution < -0.4 is 10.1 Å². The van der Waals surface area contributed by atoms with Crippen LogP contribution in [0.2, 0.25) is 0 Å². The fourth-order valence-corrected chi connectivity index (χ4v) is 2.47. The molecule has 0 aromatic heterocycles. The van der Waals surface area contributed by atoms with E-state index in [-0.39, 0.29) is 5.91 Å². The average Bonchev–Trinajstić information content (AvgIpc) is 2.67. The van der Waals surface area contributed by atoms with E-state index in [4.69, 9.17) is 9.47 Å². The third-order valence-electron chi connectivity index (χ3n) is 3.99. The maximum atomic E-state index is 12.1. The van der Waals surface area contributed by atoms with E-state index in [0.29, 0.717) is 13.0 Å². The topological polar surface area (TPSA) is 64.6 Å². The van der Waals surface area contributed by atoms with Gasteiger partial charge in [-0.25, -0.2) is 4.79 Å². The van der Waals surface area contributed by atoms with E-state index in [1.807, 2.05) is 55.5 Å². The SMILES string of the molecule is COc1ccc(CCNC(=O)[C@H](C)OC(=O)/C=C/c2cccc(C)c2)cc1. The van der Waals surface area contributed by atoms with Gasteiger partial charge >= 0.3 is 5.97 Å². The first-order valence-corrected chi connectivity index (χ1v) is 8.84. The van der Waals surface area contributed by atoms with E-state index in [2.05, 4.69) is 5.32 Å². The molecule has 0 unspecified atom stereocenters. The third kappa shape index (κ3) is 6.98. The number of rotatable bonds is 8. The Hall–Kier alpha value is -3.08. The van der Waals surface area contributed by atoms with Crippen LogP contribution in [0.4, 0.5) is 0 Å². The molecule has 0 heterocycles. The Morgan fingerprint density at radius 2 is 1.89 bits per heavy atom. The lowest BCUT2D eigenvalue weighted by Gasteiger charge is -2.12. The molecule has 142 valence electrons. The highest BCUT2D eigenvalue weighted by molar-refractivity contribution is 5.90. The Labute approximate surface area is 160 Å². The van der Waals surface area contributed by atoms with Crippen LogP contribution in [0, 0.1) is 6.92 Å². The number of hydrogen-bond acceptors (Lipinski definition) is 4. The zero-order valence-corrected chi connectivity index (χ0v) is 15.9. The summed E-state index contributed by atoms with van der Waals surface area (Å²) in [6, 6.07) is 15.4. The quantitative estimate of drug-likeness (QED) is 0.574. The second kappa shape index (κ2) is 10.2. The number of aryl methyl sites for hydroxylation is 1. The summed E-state index contributed by atoms with van der Waals surface area (Å²) in [7, 11) is 1.62. The van der Waals surface area contributed by atoms with E-state index in [1.54, 1.807) is 20.1 Å². The molecule has 27 heavy (non-hydrogen) atoms. The van der Waals surface area contributed by atoms with E-state index in [1.165, 1.54) is 6.08 Å². The van der Waals surface area contributed by atoms with Crippen molar-refractivity contribution in [3.05, 3.63) is 71.3 Å². The molecule has 0 radical (unpaired) electrons. The van der Waals surface area contributed by atoms with Crippen molar-refractivity contribution in [1.82, 2.24) is 5.32 Å². The molecule has 0 aliphatic rings. The molecule has 0 aliphatic carbocycles. The van der Waals surface area contributed by atoms with Gasteiger partial charge in [0.15, 0.2) is 6.10 Å². The fourth-order valence-electron chi connectivity index (χ4n) is 2.47. The molecule has 0 saturated heterocycles. The zero-order valence-electron chi connectivity index (χ0n) is 15.9. The van der Waals surface area contributed by atoms with Gasteiger partial charge in [-0.15, -0.1) is 0 Å². The van der Waals surface area contributed by atoms with Crippen LogP contribution >= 0.6 is 0 Å². The van der Waals surface area contributed by atoms with Crippen molar-refractivity contribution in [2.75, 3.05) is 13.7 Å². The number of ether oxygens (including phenoxy) is 2. The van der Waals surface area contributed by atoms with E-state index in [9.17, 15) is 9.59 Å². The molecule has 5 heteroatoms. The molecule has 2 rings (SSSR count). The molecule has 2 aromatic carbocycles. The van der Waals surface area contributed by atoms with Gasteiger partial charge < -0.3 is 14.8 Å². The number of nitrogens with one attached hydrogen (secondary N) is 1. The number of carbonyl (C=O) groups is 2. The minimum absolute atomic E-state index is 0.319. The van der Waals surface area contributed by atoms with Crippen molar-refractivity contribution in [1.29, 1.82) is 0 Å². The van der Waals surface area contributed by atoms with Gasteiger partial charge in [-0.3, -0.25) is 4.79 Å². The van der Waals surface area contributed by atoms with E-state index >= 15 is 0 Å². The smallest absolute Gasteiger partial charge is 0.331 e. The minimum Gasteiger partial charge on any atom is -0.497 e. The highest BCUT2D eigenvalue weighted by Crippen LogP contribution is 2.11. The summed E-state index contributed by atoms with van der Waals surface area (Å²) >= 11 is 0. The molecule has 5 nitrogen and oxygen atoms in total. The number of carbonyl (C=O) groups excluding carboxylic acids is 2. The first-order chi connectivity index (χ1) is 13.0. The van der Waals surface area contributed by atoms with Crippen LogP contribution in [0.15, 0.2) is 54.6 Å². The maximum Gasteiger partial charge on any atom is 0.331 e. The van der Waals surface area contributed by atoms with Crippen LogP contribution in [-0.4, -0.2) is 31.6 Å². The zero-order chi connectivity index (χ0) is 19.6. The fraction of sp³-hybridized carbons (Fsp3) is 0.273. The highest BCUT2D eigenvalue weighted by atomic mass is 16.5. The molecular weight excluding hydrogens is 342 g/mol. The molecule has 0 bridgehead atoms. The summed E-state index contributed by atoms with van der Waals surface area (Å²) in [4.78, 5) is 23.9. The van der Waals surface area contributed by atoms with Crippen molar-refractivity contribution in [2.24, 2.45) is 0 Å². The lowest BCUT2D eigenvalue weighted by molar-refractivity contribution is -0.150. The lowest BCUT2D eigenvalue weighted by Crippen LogP contribution is -2.36. The van der Waals surface area contributed by atoms with Gasteiger partial charge in [-0.1, -0.05) is 42.0 Å². The van der Waals surface area contributed by atoms with Crippen molar-refractivity contribution in [2.45, 2.75) is 26.4 Å².